The van der Waals surface area contributed by atoms with Crippen molar-refractivity contribution in [1.82, 2.24) is 19.9 Å². The van der Waals surface area contributed by atoms with E-state index in [9.17, 15) is 4.79 Å². The van der Waals surface area contributed by atoms with Crippen molar-refractivity contribution in [2.24, 2.45) is 11.8 Å². The molecule has 3 heterocycles. The summed E-state index contributed by atoms with van der Waals surface area (Å²) in [6.07, 6.45) is 8.49. The first kappa shape index (κ1) is 19.2. The lowest BCUT2D eigenvalue weighted by atomic mass is 10.0. The average Bonchev–Trinajstić information content (AvgIpc) is 3.40. The van der Waals surface area contributed by atoms with Crippen LogP contribution in [0.25, 0.3) is 11.0 Å². The number of carbonyl (C=O) groups is 1. The van der Waals surface area contributed by atoms with Crippen molar-refractivity contribution in [2.45, 2.75) is 45.1 Å². The number of aromatic amines is 1. The number of anilines is 1. The van der Waals surface area contributed by atoms with E-state index in [1.54, 1.807) is 6.33 Å². The molecule has 1 N–H and O–H groups in total. The monoisotopic (exact) mass is 385 g/mol. The highest BCUT2D eigenvalue weighted by atomic mass is 16.5. The first-order chi connectivity index (χ1) is 13.7. The van der Waals surface area contributed by atoms with Crippen LogP contribution in [0, 0.1) is 11.8 Å². The van der Waals surface area contributed by atoms with Gasteiger partial charge in [0.05, 0.1) is 18.4 Å². The van der Waals surface area contributed by atoms with Crippen molar-refractivity contribution in [3.8, 4) is 0 Å². The van der Waals surface area contributed by atoms with Gasteiger partial charge in [0.1, 0.15) is 17.8 Å². The number of amides is 1. The fraction of sp³-hybridized carbons (Fsp3) is 0.667. The van der Waals surface area contributed by atoms with E-state index < -0.39 is 0 Å². The van der Waals surface area contributed by atoms with Crippen molar-refractivity contribution in [3.05, 3.63) is 18.6 Å². The first-order valence-electron chi connectivity index (χ1n) is 10.5. The standard InChI is InChI=1S/C21H31N5O2/c1-3-4-8-28-9-6-19(27)26-12-15-10-17(11-16(15)13-26)25(2)21-18-5-7-22-20(18)23-14-24-21/h5,7,14-17H,3-4,6,8-13H2,1-2H3,(H,22,23,24). The highest BCUT2D eigenvalue weighted by Crippen LogP contribution is 2.41. The van der Waals surface area contributed by atoms with Crippen LogP contribution >= 0.6 is 0 Å². The number of aromatic nitrogens is 3. The molecule has 2 atom stereocenters. The van der Waals surface area contributed by atoms with E-state index >= 15 is 0 Å². The Balaban J connectivity index is 1.29. The number of rotatable bonds is 8. The van der Waals surface area contributed by atoms with Gasteiger partial charge in [0, 0.05) is 39.0 Å². The van der Waals surface area contributed by atoms with Crippen LogP contribution in [-0.2, 0) is 9.53 Å². The third-order valence-corrected chi connectivity index (χ3v) is 6.40. The van der Waals surface area contributed by atoms with E-state index in [0.29, 0.717) is 30.9 Å². The molecule has 0 spiro atoms. The van der Waals surface area contributed by atoms with E-state index in [2.05, 4.69) is 38.7 Å². The zero-order valence-corrected chi connectivity index (χ0v) is 16.9. The molecule has 1 aliphatic heterocycles. The quantitative estimate of drug-likeness (QED) is 0.707. The Morgan fingerprint density at radius 2 is 2.07 bits per heavy atom. The van der Waals surface area contributed by atoms with Crippen LogP contribution in [0.4, 0.5) is 5.82 Å². The summed E-state index contributed by atoms with van der Waals surface area (Å²) < 4.78 is 5.56. The third kappa shape index (κ3) is 3.85. The van der Waals surface area contributed by atoms with Gasteiger partial charge < -0.3 is 19.5 Å². The summed E-state index contributed by atoms with van der Waals surface area (Å²) in [5.41, 5.74) is 0.882. The number of nitrogens with one attached hydrogen (secondary N) is 1. The summed E-state index contributed by atoms with van der Waals surface area (Å²) in [5, 5.41) is 1.07. The number of hydrogen-bond acceptors (Lipinski definition) is 5. The van der Waals surface area contributed by atoms with Crippen molar-refractivity contribution in [3.63, 3.8) is 0 Å². The van der Waals surface area contributed by atoms with Crippen molar-refractivity contribution in [2.75, 3.05) is 38.3 Å². The molecule has 152 valence electrons. The summed E-state index contributed by atoms with van der Waals surface area (Å²) in [6.45, 7) is 5.25. The molecule has 28 heavy (non-hydrogen) atoms. The maximum atomic E-state index is 12.5. The van der Waals surface area contributed by atoms with E-state index in [-0.39, 0.29) is 5.91 Å². The van der Waals surface area contributed by atoms with Gasteiger partial charge in [-0.25, -0.2) is 9.97 Å². The zero-order chi connectivity index (χ0) is 19.5. The maximum absolute atomic E-state index is 12.5. The lowest BCUT2D eigenvalue weighted by molar-refractivity contribution is -0.131. The van der Waals surface area contributed by atoms with Gasteiger partial charge in [-0.05, 0) is 37.2 Å². The predicted molar refractivity (Wildman–Crippen MR) is 109 cm³/mol. The Morgan fingerprint density at radius 1 is 1.29 bits per heavy atom. The lowest BCUT2D eigenvalue weighted by Crippen LogP contribution is -2.34. The number of likely N-dealkylation sites (tertiary alicyclic amines) is 1. The van der Waals surface area contributed by atoms with Gasteiger partial charge in [-0.15, -0.1) is 0 Å². The third-order valence-electron chi connectivity index (χ3n) is 6.40. The number of ether oxygens (including phenoxy) is 1. The highest BCUT2D eigenvalue weighted by molar-refractivity contribution is 5.87. The summed E-state index contributed by atoms with van der Waals surface area (Å²) in [6, 6.07) is 2.51. The molecule has 0 aromatic carbocycles. The van der Waals surface area contributed by atoms with Crippen molar-refractivity contribution in [1.29, 1.82) is 0 Å². The smallest absolute Gasteiger partial charge is 0.224 e. The lowest BCUT2D eigenvalue weighted by Gasteiger charge is -2.28. The fourth-order valence-corrected chi connectivity index (χ4v) is 4.77. The number of H-pyrrole nitrogens is 1. The second-order valence-electron chi connectivity index (χ2n) is 8.21. The fourth-order valence-electron chi connectivity index (χ4n) is 4.77. The topological polar surface area (TPSA) is 74.3 Å². The molecule has 1 saturated heterocycles. The molecule has 1 amide bonds. The van der Waals surface area contributed by atoms with Gasteiger partial charge in [0.25, 0.3) is 0 Å². The Morgan fingerprint density at radius 3 is 2.82 bits per heavy atom. The van der Waals surface area contributed by atoms with Crippen LogP contribution in [0.2, 0.25) is 0 Å². The minimum atomic E-state index is 0.251. The molecule has 2 aliphatic rings. The molecule has 7 nitrogen and oxygen atoms in total. The average molecular weight is 386 g/mol. The summed E-state index contributed by atoms with van der Waals surface area (Å²) >= 11 is 0. The maximum Gasteiger partial charge on any atom is 0.224 e. The van der Waals surface area contributed by atoms with Crippen molar-refractivity contribution < 1.29 is 9.53 Å². The second kappa shape index (κ2) is 8.47. The molecule has 2 unspecified atom stereocenters. The Labute approximate surface area is 166 Å². The highest BCUT2D eigenvalue weighted by Gasteiger charge is 2.43. The van der Waals surface area contributed by atoms with E-state index in [0.717, 1.165) is 62.2 Å². The molecule has 2 fully saturated rings. The summed E-state index contributed by atoms with van der Waals surface area (Å²) in [5.74, 6) is 2.44. The number of hydrogen-bond donors (Lipinski definition) is 1. The Hall–Kier alpha value is -2.15. The predicted octanol–water partition coefficient (Wildman–Crippen LogP) is 2.84. The van der Waals surface area contributed by atoms with Crippen LogP contribution in [0.15, 0.2) is 18.6 Å². The van der Waals surface area contributed by atoms with Gasteiger partial charge >= 0.3 is 0 Å². The molecule has 1 saturated carbocycles. The normalized spacial score (nSPS) is 24.1. The molecular weight excluding hydrogens is 354 g/mol. The number of nitrogens with zero attached hydrogens (tertiary/aromatic N) is 4. The zero-order valence-electron chi connectivity index (χ0n) is 16.9. The van der Waals surface area contributed by atoms with E-state index in [1.165, 1.54) is 0 Å². The van der Waals surface area contributed by atoms with Gasteiger partial charge in [-0.3, -0.25) is 4.79 Å². The number of fused-ring (bicyclic) bond motifs is 2. The van der Waals surface area contributed by atoms with E-state index in [1.807, 2.05) is 12.3 Å². The van der Waals surface area contributed by atoms with Gasteiger partial charge in [-0.2, -0.15) is 0 Å². The molecule has 2 aromatic heterocycles. The van der Waals surface area contributed by atoms with Gasteiger partial charge in [0.15, 0.2) is 0 Å². The largest absolute Gasteiger partial charge is 0.381 e. The second-order valence-corrected chi connectivity index (χ2v) is 8.21. The molecule has 1 aliphatic carbocycles. The Bertz CT molecular complexity index is 793. The van der Waals surface area contributed by atoms with Crippen LogP contribution in [0.5, 0.6) is 0 Å². The van der Waals surface area contributed by atoms with Crippen LogP contribution in [0.1, 0.15) is 39.0 Å². The first-order valence-corrected chi connectivity index (χ1v) is 10.5. The number of unbranched alkanes of at least 4 members (excludes halogenated alkanes) is 1. The molecule has 0 bridgehead atoms. The van der Waals surface area contributed by atoms with Crippen LogP contribution in [0.3, 0.4) is 0 Å². The van der Waals surface area contributed by atoms with Crippen molar-refractivity contribution >= 4 is 22.8 Å². The summed E-state index contributed by atoms with van der Waals surface area (Å²) in [4.78, 5) is 28.8. The van der Waals surface area contributed by atoms with Gasteiger partial charge in [-0.1, -0.05) is 13.3 Å². The molecule has 4 rings (SSSR count). The molecule has 2 aromatic rings. The van der Waals surface area contributed by atoms with E-state index in [4.69, 9.17) is 4.74 Å². The number of carbonyl (C=O) groups excluding carboxylic acids is 1. The SMILES string of the molecule is CCCCOCCC(=O)N1CC2CC(N(C)c3ncnc4[nH]ccc34)CC2C1. The molecule has 0 radical (unpaired) electrons. The Kier molecular flexibility index (Phi) is 5.80. The van der Waals surface area contributed by atoms with Crippen LogP contribution in [-0.4, -0.2) is 65.2 Å². The molecular formula is C21H31N5O2. The minimum absolute atomic E-state index is 0.251. The van der Waals surface area contributed by atoms with Gasteiger partial charge in [0.2, 0.25) is 5.91 Å². The summed E-state index contributed by atoms with van der Waals surface area (Å²) in [7, 11) is 2.14. The minimum Gasteiger partial charge on any atom is -0.381 e. The van der Waals surface area contributed by atoms with Crippen LogP contribution < -0.4 is 4.90 Å². The molecule has 7 heteroatoms.